The van der Waals surface area contributed by atoms with Crippen molar-refractivity contribution in [3.05, 3.63) is 36.4 Å². The number of aliphatic hydroxyl groups excluding tert-OH is 1. The van der Waals surface area contributed by atoms with Gasteiger partial charge in [0.05, 0.1) is 24.6 Å². The zero-order chi connectivity index (χ0) is 7.68. The van der Waals surface area contributed by atoms with Gasteiger partial charge in [0.1, 0.15) is 0 Å². The summed E-state index contributed by atoms with van der Waals surface area (Å²) in [6, 6.07) is 5.73. The maximum Gasteiger partial charge on any atom is 0.0995 e. The lowest BCUT2D eigenvalue weighted by atomic mass is 10.3. The molecule has 3 nitrogen and oxygen atoms in total. The van der Waals surface area contributed by atoms with E-state index in [0.29, 0.717) is 0 Å². The van der Waals surface area contributed by atoms with Crippen molar-refractivity contribution >= 4 is 5.52 Å². The van der Waals surface area contributed by atoms with Crippen LogP contribution in [0.4, 0.5) is 0 Å². The van der Waals surface area contributed by atoms with Crippen LogP contribution in [-0.4, -0.2) is 14.5 Å². The van der Waals surface area contributed by atoms with Gasteiger partial charge in [-0.2, -0.15) is 0 Å². The van der Waals surface area contributed by atoms with E-state index in [-0.39, 0.29) is 6.61 Å². The molecule has 0 aromatic carbocycles. The van der Waals surface area contributed by atoms with E-state index in [2.05, 4.69) is 4.98 Å². The number of aromatic nitrogens is 2. The molecule has 0 amide bonds. The third-order valence-corrected chi connectivity index (χ3v) is 1.69. The third-order valence-electron chi connectivity index (χ3n) is 1.69. The van der Waals surface area contributed by atoms with E-state index in [9.17, 15) is 0 Å². The first-order valence-corrected chi connectivity index (χ1v) is 3.42. The number of fused-ring (bicyclic) bond motifs is 1. The van der Waals surface area contributed by atoms with Crippen LogP contribution >= 0.6 is 0 Å². The van der Waals surface area contributed by atoms with Crippen LogP contribution in [0.5, 0.6) is 0 Å². The number of pyridine rings is 1. The molecule has 11 heavy (non-hydrogen) atoms. The van der Waals surface area contributed by atoms with E-state index in [0.717, 1.165) is 11.2 Å². The van der Waals surface area contributed by atoms with Crippen molar-refractivity contribution in [3.8, 4) is 0 Å². The summed E-state index contributed by atoms with van der Waals surface area (Å²) in [5.41, 5.74) is 1.87. The Balaban J connectivity index is 2.79. The number of imidazole rings is 1. The van der Waals surface area contributed by atoms with E-state index in [1.165, 1.54) is 0 Å². The Morgan fingerprint density at radius 2 is 2.36 bits per heavy atom. The summed E-state index contributed by atoms with van der Waals surface area (Å²) in [6.07, 6.45) is 3.46. The highest BCUT2D eigenvalue weighted by atomic mass is 16.3. The second-order valence-corrected chi connectivity index (χ2v) is 2.36. The molecule has 0 saturated carbocycles. The van der Waals surface area contributed by atoms with Gasteiger partial charge in [-0.25, -0.2) is 4.98 Å². The first-order valence-electron chi connectivity index (χ1n) is 3.42. The van der Waals surface area contributed by atoms with Crippen LogP contribution in [0.15, 0.2) is 30.7 Å². The fourth-order valence-electron chi connectivity index (χ4n) is 1.14. The minimum Gasteiger partial charge on any atom is -0.390 e. The minimum absolute atomic E-state index is 0.0493. The highest BCUT2D eigenvalue weighted by molar-refractivity contribution is 5.45. The molecule has 2 rings (SSSR count). The number of aliphatic hydroxyl groups is 1. The molecule has 0 aliphatic rings. The summed E-state index contributed by atoms with van der Waals surface area (Å²) in [5.74, 6) is 0. The molecule has 0 bridgehead atoms. The highest BCUT2D eigenvalue weighted by Gasteiger charge is 1.96. The van der Waals surface area contributed by atoms with Crippen LogP contribution in [0.25, 0.3) is 5.52 Å². The molecule has 0 spiro atoms. The summed E-state index contributed by atoms with van der Waals surface area (Å²) >= 11 is 0. The molecule has 0 atom stereocenters. The molecule has 0 unspecified atom stereocenters. The minimum atomic E-state index is 0.0493. The number of rotatable bonds is 1. The lowest BCUT2D eigenvalue weighted by molar-refractivity contribution is 0.275. The Morgan fingerprint density at radius 1 is 1.45 bits per heavy atom. The molecule has 3 heteroatoms. The molecular weight excluding hydrogens is 140 g/mol. The Kier molecular flexibility index (Phi) is 1.36. The van der Waals surface area contributed by atoms with Crippen molar-refractivity contribution in [2.75, 3.05) is 0 Å². The SMILES string of the molecule is OCc1cccc2cncn12. The average molecular weight is 148 g/mol. The molecule has 0 saturated heterocycles. The van der Waals surface area contributed by atoms with Crippen molar-refractivity contribution in [3.63, 3.8) is 0 Å². The van der Waals surface area contributed by atoms with Crippen LogP contribution in [0.1, 0.15) is 5.69 Å². The van der Waals surface area contributed by atoms with Crippen LogP contribution in [0.3, 0.4) is 0 Å². The molecule has 2 aromatic rings. The second-order valence-electron chi connectivity index (χ2n) is 2.36. The molecular formula is C8H8N2O. The van der Waals surface area contributed by atoms with E-state index in [4.69, 9.17) is 5.11 Å². The molecule has 0 radical (unpaired) electrons. The van der Waals surface area contributed by atoms with Gasteiger partial charge in [-0.3, -0.25) is 0 Å². The number of nitrogens with zero attached hydrogens (tertiary/aromatic N) is 2. The quantitative estimate of drug-likeness (QED) is 0.650. The third kappa shape index (κ3) is 0.897. The van der Waals surface area contributed by atoms with Gasteiger partial charge in [0.15, 0.2) is 0 Å². The fraction of sp³-hybridized carbons (Fsp3) is 0.125. The van der Waals surface area contributed by atoms with Gasteiger partial charge in [0.25, 0.3) is 0 Å². The molecule has 56 valence electrons. The van der Waals surface area contributed by atoms with Gasteiger partial charge < -0.3 is 9.51 Å². The van der Waals surface area contributed by atoms with Crippen LogP contribution in [0, 0.1) is 0 Å². The zero-order valence-electron chi connectivity index (χ0n) is 5.94. The Hall–Kier alpha value is -1.35. The van der Waals surface area contributed by atoms with Crippen molar-refractivity contribution in [2.45, 2.75) is 6.61 Å². The Labute approximate surface area is 63.9 Å². The largest absolute Gasteiger partial charge is 0.390 e. The monoisotopic (exact) mass is 148 g/mol. The normalized spacial score (nSPS) is 10.6. The van der Waals surface area contributed by atoms with E-state index in [1.54, 1.807) is 12.5 Å². The van der Waals surface area contributed by atoms with Gasteiger partial charge in [-0.1, -0.05) is 6.07 Å². The fourth-order valence-corrected chi connectivity index (χ4v) is 1.14. The van der Waals surface area contributed by atoms with Gasteiger partial charge in [-0.15, -0.1) is 0 Å². The van der Waals surface area contributed by atoms with E-state index in [1.807, 2.05) is 22.6 Å². The van der Waals surface area contributed by atoms with Crippen molar-refractivity contribution in [2.24, 2.45) is 0 Å². The second kappa shape index (κ2) is 2.36. The van der Waals surface area contributed by atoms with Crippen LogP contribution in [0.2, 0.25) is 0 Å². The van der Waals surface area contributed by atoms with Gasteiger partial charge in [0.2, 0.25) is 0 Å². The summed E-state index contributed by atoms with van der Waals surface area (Å²) in [4.78, 5) is 3.96. The molecule has 0 aliphatic carbocycles. The standard InChI is InChI=1S/C8H8N2O/c11-5-8-3-1-2-7-4-9-6-10(7)8/h1-4,6,11H,5H2. The first kappa shape index (κ1) is 6.37. The predicted molar refractivity (Wildman–Crippen MR) is 41.1 cm³/mol. The maximum atomic E-state index is 8.91. The highest BCUT2D eigenvalue weighted by Crippen LogP contribution is 2.05. The summed E-state index contributed by atoms with van der Waals surface area (Å²) in [6.45, 7) is 0.0493. The lowest BCUT2D eigenvalue weighted by Gasteiger charge is -1.99. The number of hydrogen-bond acceptors (Lipinski definition) is 2. The van der Waals surface area contributed by atoms with Gasteiger partial charge in [-0.05, 0) is 12.1 Å². The predicted octanol–water partition coefficient (Wildman–Crippen LogP) is 0.827. The first-order chi connectivity index (χ1) is 5.42. The summed E-state index contributed by atoms with van der Waals surface area (Å²) in [5, 5.41) is 8.91. The molecule has 0 aliphatic heterocycles. The van der Waals surface area contributed by atoms with Crippen LogP contribution < -0.4 is 0 Å². The lowest BCUT2D eigenvalue weighted by Crippen LogP contribution is -1.93. The maximum absolute atomic E-state index is 8.91. The Bertz CT molecular complexity index is 367. The van der Waals surface area contributed by atoms with Crippen molar-refractivity contribution in [1.82, 2.24) is 9.38 Å². The van der Waals surface area contributed by atoms with E-state index >= 15 is 0 Å². The summed E-state index contributed by atoms with van der Waals surface area (Å²) < 4.78 is 1.86. The molecule has 2 aromatic heterocycles. The Morgan fingerprint density at radius 3 is 3.18 bits per heavy atom. The molecule has 0 fully saturated rings. The van der Waals surface area contributed by atoms with Gasteiger partial charge in [0, 0.05) is 5.69 Å². The molecule has 2 heterocycles. The van der Waals surface area contributed by atoms with Gasteiger partial charge >= 0.3 is 0 Å². The van der Waals surface area contributed by atoms with Crippen molar-refractivity contribution < 1.29 is 5.11 Å². The topological polar surface area (TPSA) is 37.5 Å². The average Bonchev–Trinajstić information content (AvgIpc) is 2.50. The summed E-state index contributed by atoms with van der Waals surface area (Å²) in [7, 11) is 0. The van der Waals surface area contributed by atoms with Crippen molar-refractivity contribution in [1.29, 1.82) is 0 Å². The smallest absolute Gasteiger partial charge is 0.0995 e. The van der Waals surface area contributed by atoms with E-state index < -0.39 is 0 Å². The van der Waals surface area contributed by atoms with Crippen LogP contribution in [-0.2, 0) is 6.61 Å². The number of hydrogen-bond donors (Lipinski definition) is 1. The molecule has 1 N–H and O–H groups in total. The zero-order valence-corrected chi connectivity index (χ0v) is 5.94.